The Hall–Kier alpha value is -1.76. The third kappa shape index (κ3) is 1.41. The van der Waals surface area contributed by atoms with Gasteiger partial charge in [-0.2, -0.15) is 0 Å². The number of imidazole rings is 1. The Morgan fingerprint density at radius 2 is 2.46 bits per heavy atom. The summed E-state index contributed by atoms with van der Waals surface area (Å²) in [5, 5.41) is 13.0. The van der Waals surface area contributed by atoms with Crippen molar-refractivity contribution in [3.8, 4) is 5.00 Å². The summed E-state index contributed by atoms with van der Waals surface area (Å²) >= 11 is 1.17. The van der Waals surface area contributed by atoms with Crippen molar-refractivity contribution in [2.75, 3.05) is 0 Å². The Labute approximate surface area is 76.6 Å². The standard InChI is InChI=1S/C6H4N4O2S/c11-6(12)4-2-10(3-7-4)5-1-8-9-13-5/h1-3H,(H,11,12). The molecule has 1 N–H and O–H groups in total. The topological polar surface area (TPSA) is 80.9 Å². The van der Waals surface area contributed by atoms with E-state index in [1.165, 1.54) is 30.3 Å². The van der Waals surface area contributed by atoms with Gasteiger partial charge in [-0.15, -0.1) is 5.10 Å². The van der Waals surface area contributed by atoms with Crippen LogP contribution in [-0.4, -0.2) is 30.2 Å². The second kappa shape index (κ2) is 2.94. The van der Waals surface area contributed by atoms with Crippen LogP contribution in [0.1, 0.15) is 10.5 Å². The molecule has 0 atom stereocenters. The molecule has 0 aromatic carbocycles. The fraction of sp³-hybridized carbons (Fsp3) is 0. The average Bonchev–Trinajstić information content (AvgIpc) is 2.75. The van der Waals surface area contributed by atoms with E-state index in [4.69, 9.17) is 5.11 Å². The number of aromatic nitrogens is 4. The summed E-state index contributed by atoms with van der Waals surface area (Å²) in [6, 6.07) is 0. The summed E-state index contributed by atoms with van der Waals surface area (Å²) < 4.78 is 5.21. The van der Waals surface area contributed by atoms with Crippen LogP contribution in [0.2, 0.25) is 0 Å². The molecule has 0 amide bonds. The lowest BCUT2D eigenvalue weighted by molar-refractivity contribution is 0.0691. The molecular formula is C6H4N4O2S. The number of carboxylic acid groups (broad SMARTS) is 1. The molecule has 66 valence electrons. The maximum Gasteiger partial charge on any atom is 0.356 e. The maximum atomic E-state index is 10.5. The van der Waals surface area contributed by atoms with Gasteiger partial charge in [-0.1, -0.05) is 4.49 Å². The molecule has 2 aromatic heterocycles. The van der Waals surface area contributed by atoms with Gasteiger partial charge in [-0.05, 0) is 0 Å². The minimum Gasteiger partial charge on any atom is -0.476 e. The van der Waals surface area contributed by atoms with E-state index >= 15 is 0 Å². The Balaban J connectivity index is 2.39. The molecule has 0 unspecified atom stereocenters. The molecule has 2 rings (SSSR count). The van der Waals surface area contributed by atoms with E-state index in [9.17, 15) is 4.79 Å². The lowest BCUT2D eigenvalue weighted by atomic mass is 10.5. The van der Waals surface area contributed by atoms with E-state index in [1.54, 1.807) is 4.57 Å². The summed E-state index contributed by atoms with van der Waals surface area (Å²) in [7, 11) is 0. The van der Waals surface area contributed by atoms with Gasteiger partial charge in [0, 0.05) is 17.7 Å². The van der Waals surface area contributed by atoms with Crippen LogP contribution in [0.4, 0.5) is 0 Å². The highest BCUT2D eigenvalue weighted by Gasteiger charge is 2.07. The van der Waals surface area contributed by atoms with Crippen molar-refractivity contribution in [2.24, 2.45) is 0 Å². The lowest BCUT2D eigenvalue weighted by Gasteiger charge is -1.90. The van der Waals surface area contributed by atoms with Crippen molar-refractivity contribution in [2.45, 2.75) is 0 Å². The van der Waals surface area contributed by atoms with Gasteiger partial charge in [0.2, 0.25) is 0 Å². The van der Waals surface area contributed by atoms with E-state index in [1.807, 2.05) is 0 Å². The molecule has 0 fully saturated rings. The Kier molecular flexibility index (Phi) is 1.78. The molecule has 0 aliphatic carbocycles. The second-order valence-electron chi connectivity index (χ2n) is 2.23. The summed E-state index contributed by atoms with van der Waals surface area (Å²) in [5.41, 5.74) is 0.00778. The van der Waals surface area contributed by atoms with Gasteiger partial charge in [0.1, 0.15) is 11.3 Å². The highest BCUT2D eigenvalue weighted by atomic mass is 32.1. The molecule has 0 saturated heterocycles. The van der Waals surface area contributed by atoms with Crippen molar-refractivity contribution in [1.82, 2.24) is 19.1 Å². The Morgan fingerprint density at radius 1 is 1.62 bits per heavy atom. The highest BCUT2D eigenvalue weighted by molar-refractivity contribution is 7.08. The second-order valence-corrected chi connectivity index (χ2v) is 2.99. The molecule has 0 aliphatic heterocycles. The van der Waals surface area contributed by atoms with Crippen LogP contribution in [0.25, 0.3) is 5.00 Å². The fourth-order valence-corrected chi connectivity index (χ4v) is 1.30. The first kappa shape index (κ1) is 7.87. The van der Waals surface area contributed by atoms with Crippen LogP contribution in [0, 0.1) is 0 Å². The van der Waals surface area contributed by atoms with E-state index < -0.39 is 5.97 Å². The molecule has 0 aliphatic rings. The monoisotopic (exact) mass is 196 g/mol. The van der Waals surface area contributed by atoms with Gasteiger partial charge >= 0.3 is 5.97 Å². The summed E-state index contributed by atoms with van der Waals surface area (Å²) in [6.07, 6.45) is 4.37. The number of aromatic carboxylic acids is 1. The third-order valence-corrected chi connectivity index (χ3v) is 2.09. The van der Waals surface area contributed by atoms with Gasteiger partial charge in [-0.3, -0.25) is 4.57 Å². The fourth-order valence-electron chi connectivity index (χ4n) is 0.830. The minimum atomic E-state index is -1.05. The zero-order valence-corrected chi connectivity index (χ0v) is 7.10. The van der Waals surface area contributed by atoms with Gasteiger partial charge in [-0.25, -0.2) is 9.78 Å². The number of nitrogens with zero attached hydrogens (tertiary/aromatic N) is 4. The van der Waals surface area contributed by atoms with Crippen LogP contribution in [0.3, 0.4) is 0 Å². The SMILES string of the molecule is O=C(O)c1cn(-c2cnns2)cn1. The van der Waals surface area contributed by atoms with Crippen molar-refractivity contribution < 1.29 is 9.90 Å². The summed E-state index contributed by atoms with van der Waals surface area (Å²) in [4.78, 5) is 14.2. The van der Waals surface area contributed by atoms with Crippen molar-refractivity contribution >= 4 is 17.5 Å². The van der Waals surface area contributed by atoms with Gasteiger partial charge in [0.05, 0.1) is 6.20 Å². The molecule has 13 heavy (non-hydrogen) atoms. The van der Waals surface area contributed by atoms with Crippen LogP contribution < -0.4 is 0 Å². The van der Waals surface area contributed by atoms with Crippen molar-refractivity contribution in [1.29, 1.82) is 0 Å². The summed E-state index contributed by atoms with van der Waals surface area (Å²) in [5.74, 6) is -1.05. The Bertz CT molecular complexity index is 422. The third-order valence-electron chi connectivity index (χ3n) is 1.41. The van der Waals surface area contributed by atoms with Crippen molar-refractivity contribution in [3.05, 3.63) is 24.4 Å². The van der Waals surface area contributed by atoms with Gasteiger partial charge < -0.3 is 5.11 Å². The molecule has 2 heterocycles. The smallest absolute Gasteiger partial charge is 0.356 e. The van der Waals surface area contributed by atoms with Crippen LogP contribution >= 0.6 is 11.5 Å². The minimum absolute atomic E-state index is 0.00778. The summed E-state index contributed by atoms with van der Waals surface area (Å²) in [6.45, 7) is 0. The number of carboxylic acids is 1. The molecule has 2 aromatic rings. The van der Waals surface area contributed by atoms with Crippen LogP contribution in [0.5, 0.6) is 0 Å². The first-order chi connectivity index (χ1) is 6.27. The largest absolute Gasteiger partial charge is 0.476 e. The van der Waals surface area contributed by atoms with E-state index in [0.717, 1.165) is 5.00 Å². The average molecular weight is 196 g/mol. The number of hydrogen-bond donors (Lipinski definition) is 1. The first-order valence-corrected chi connectivity index (χ1v) is 4.10. The Morgan fingerprint density at radius 3 is 3.00 bits per heavy atom. The quantitative estimate of drug-likeness (QED) is 0.752. The zero-order valence-electron chi connectivity index (χ0n) is 6.28. The molecular weight excluding hydrogens is 192 g/mol. The molecule has 6 nitrogen and oxygen atoms in total. The predicted molar refractivity (Wildman–Crippen MR) is 44.0 cm³/mol. The lowest BCUT2D eigenvalue weighted by Crippen LogP contribution is -1.95. The predicted octanol–water partition coefficient (Wildman–Crippen LogP) is 0.422. The molecule has 7 heteroatoms. The highest BCUT2D eigenvalue weighted by Crippen LogP contribution is 2.10. The van der Waals surface area contributed by atoms with E-state index in [0.29, 0.717) is 0 Å². The molecule has 0 bridgehead atoms. The number of rotatable bonds is 2. The molecule has 0 radical (unpaired) electrons. The first-order valence-electron chi connectivity index (χ1n) is 3.32. The van der Waals surface area contributed by atoms with Crippen LogP contribution in [0.15, 0.2) is 18.7 Å². The normalized spacial score (nSPS) is 10.2. The maximum absolute atomic E-state index is 10.5. The van der Waals surface area contributed by atoms with E-state index in [-0.39, 0.29) is 5.69 Å². The number of hydrogen-bond acceptors (Lipinski definition) is 5. The van der Waals surface area contributed by atoms with Gasteiger partial charge in [0.15, 0.2) is 5.69 Å². The van der Waals surface area contributed by atoms with Crippen molar-refractivity contribution in [3.63, 3.8) is 0 Å². The number of carbonyl (C=O) groups is 1. The molecule has 0 spiro atoms. The molecule has 0 saturated carbocycles. The zero-order chi connectivity index (χ0) is 9.26. The van der Waals surface area contributed by atoms with E-state index in [2.05, 4.69) is 14.6 Å². The van der Waals surface area contributed by atoms with Gasteiger partial charge in [0.25, 0.3) is 0 Å². The van der Waals surface area contributed by atoms with Crippen LogP contribution in [-0.2, 0) is 0 Å².